The standard InChI is InChI=1S/C17H16N4O4S/c1-21-14-8-12-11(7-13(14)20-17(21)22)18-16(19-12)10-5-4-9(26(3,23)24)6-15(10)25-2/h4-8H,1-3H3,(H,18,19)(H,20,22). The lowest BCUT2D eigenvalue weighted by molar-refractivity contribution is 0.415. The summed E-state index contributed by atoms with van der Waals surface area (Å²) >= 11 is 0. The predicted molar refractivity (Wildman–Crippen MR) is 98.3 cm³/mol. The minimum absolute atomic E-state index is 0.178. The first-order valence-electron chi connectivity index (χ1n) is 7.75. The fraction of sp³-hybridized carbons (Fsp3) is 0.176. The van der Waals surface area contributed by atoms with Crippen molar-refractivity contribution >= 4 is 31.9 Å². The first-order chi connectivity index (χ1) is 12.3. The van der Waals surface area contributed by atoms with Gasteiger partial charge < -0.3 is 14.7 Å². The van der Waals surface area contributed by atoms with Crippen molar-refractivity contribution in [1.82, 2.24) is 19.5 Å². The van der Waals surface area contributed by atoms with E-state index in [-0.39, 0.29) is 10.6 Å². The van der Waals surface area contributed by atoms with Crippen LogP contribution in [0.4, 0.5) is 0 Å². The SMILES string of the molecule is COc1cc(S(C)(=O)=O)ccc1-c1nc2cc3c(cc2[nH]1)[nH]c(=O)n3C. The van der Waals surface area contributed by atoms with Gasteiger partial charge in [-0.05, 0) is 30.3 Å². The normalized spacial score (nSPS) is 12.1. The number of H-pyrrole nitrogens is 2. The molecule has 0 radical (unpaired) electrons. The van der Waals surface area contributed by atoms with Crippen molar-refractivity contribution in [3.63, 3.8) is 0 Å². The molecule has 0 saturated heterocycles. The van der Waals surface area contributed by atoms with Crippen molar-refractivity contribution in [3.8, 4) is 17.1 Å². The van der Waals surface area contributed by atoms with Gasteiger partial charge in [0.2, 0.25) is 0 Å². The first kappa shape index (κ1) is 16.4. The Balaban J connectivity index is 1.91. The average molecular weight is 372 g/mol. The quantitative estimate of drug-likeness (QED) is 0.570. The second kappa shape index (κ2) is 5.46. The molecule has 0 unspecified atom stereocenters. The van der Waals surface area contributed by atoms with Crippen molar-refractivity contribution in [3.05, 3.63) is 40.8 Å². The molecule has 2 N–H and O–H groups in total. The lowest BCUT2D eigenvalue weighted by Gasteiger charge is -2.08. The molecule has 2 aromatic heterocycles. The predicted octanol–water partition coefficient (Wildman–Crippen LogP) is 1.82. The highest BCUT2D eigenvalue weighted by Crippen LogP contribution is 2.32. The zero-order chi connectivity index (χ0) is 18.6. The Morgan fingerprint density at radius 3 is 2.58 bits per heavy atom. The van der Waals surface area contributed by atoms with E-state index < -0.39 is 9.84 Å². The van der Waals surface area contributed by atoms with E-state index in [9.17, 15) is 13.2 Å². The van der Waals surface area contributed by atoms with Crippen molar-refractivity contribution in [2.45, 2.75) is 4.90 Å². The number of hydrogen-bond donors (Lipinski definition) is 2. The molecule has 0 saturated carbocycles. The average Bonchev–Trinajstić information content (AvgIpc) is 3.12. The molecule has 0 fully saturated rings. The van der Waals surface area contributed by atoms with Gasteiger partial charge in [-0.15, -0.1) is 0 Å². The summed E-state index contributed by atoms with van der Waals surface area (Å²) in [5.74, 6) is 0.958. The number of ether oxygens (including phenoxy) is 1. The molecule has 0 spiro atoms. The molecule has 2 aromatic carbocycles. The van der Waals surface area contributed by atoms with E-state index in [2.05, 4.69) is 15.0 Å². The Labute approximate surface area is 148 Å². The fourth-order valence-electron chi connectivity index (χ4n) is 2.96. The van der Waals surface area contributed by atoms with Crippen LogP contribution >= 0.6 is 0 Å². The summed E-state index contributed by atoms with van der Waals surface area (Å²) in [7, 11) is -0.167. The smallest absolute Gasteiger partial charge is 0.326 e. The Morgan fingerprint density at radius 1 is 1.12 bits per heavy atom. The number of aromatic amines is 2. The number of nitrogens with zero attached hydrogens (tertiary/aromatic N) is 2. The number of sulfone groups is 1. The summed E-state index contributed by atoms with van der Waals surface area (Å²) in [5, 5.41) is 0. The lowest BCUT2D eigenvalue weighted by Crippen LogP contribution is -2.11. The summed E-state index contributed by atoms with van der Waals surface area (Å²) < 4.78 is 30.4. The van der Waals surface area contributed by atoms with Gasteiger partial charge in [-0.2, -0.15) is 0 Å². The third-order valence-electron chi connectivity index (χ3n) is 4.36. The maximum absolute atomic E-state index is 11.7. The van der Waals surface area contributed by atoms with Crippen molar-refractivity contribution in [2.75, 3.05) is 13.4 Å². The van der Waals surface area contributed by atoms with Gasteiger partial charge in [-0.25, -0.2) is 18.2 Å². The minimum Gasteiger partial charge on any atom is -0.496 e. The molecule has 4 rings (SSSR count). The first-order valence-corrected chi connectivity index (χ1v) is 9.64. The molecule has 2 heterocycles. The van der Waals surface area contributed by atoms with Crippen LogP contribution in [0.1, 0.15) is 0 Å². The molecule has 0 aliphatic rings. The molecular formula is C17H16N4O4S. The van der Waals surface area contributed by atoms with E-state index in [1.165, 1.54) is 23.8 Å². The summed E-state index contributed by atoms with van der Waals surface area (Å²) in [6, 6.07) is 8.30. The number of imidazole rings is 2. The second-order valence-electron chi connectivity index (χ2n) is 6.10. The van der Waals surface area contributed by atoms with E-state index in [4.69, 9.17) is 4.74 Å². The van der Waals surface area contributed by atoms with Crippen LogP contribution < -0.4 is 10.4 Å². The maximum atomic E-state index is 11.7. The maximum Gasteiger partial charge on any atom is 0.326 e. The number of benzene rings is 2. The molecule has 26 heavy (non-hydrogen) atoms. The van der Waals surface area contributed by atoms with Gasteiger partial charge in [0.1, 0.15) is 11.6 Å². The van der Waals surface area contributed by atoms with Gasteiger partial charge in [0.25, 0.3) is 0 Å². The van der Waals surface area contributed by atoms with Crippen LogP contribution in [0.25, 0.3) is 33.5 Å². The van der Waals surface area contributed by atoms with Crippen molar-refractivity contribution in [1.29, 1.82) is 0 Å². The van der Waals surface area contributed by atoms with Crippen LogP contribution in [0.5, 0.6) is 5.75 Å². The topological polar surface area (TPSA) is 110 Å². The zero-order valence-corrected chi connectivity index (χ0v) is 15.1. The van der Waals surface area contributed by atoms with Gasteiger partial charge in [0.05, 0.1) is 39.6 Å². The van der Waals surface area contributed by atoms with Crippen LogP contribution in [0.2, 0.25) is 0 Å². The molecule has 4 aromatic rings. The molecule has 8 nitrogen and oxygen atoms in total. The second-order valence-corrected chi connectivity index (χ2v) is 8.11. The highest BCUT2D eigenvalue weighted by molar-refractivity contribution is 7.90. The van der Waals surface area contributed by atoms with E-state index in [0.717, 1.165) is 17.3 Å². The number of nitrogens with one attached hydrogen (secondary N) is 2. The third-order valence-corrected chi connectivity index (χ3v) is 5.47. The van der Waals surface area contributed by atoms with Crippen LogP contribution in [0, 0.1) is 0 Å². The largest absolute Gasteiger partial charge is 0.496 e. The van der Waals surface area contributed by atoms with Crippen LogP contribution in [0.3, 0.4) is 0 Å². The molecule has 0 aliphatic heterocycles. The van der Waals surface area contributed by atoms with Gasteiger partial charge in [0, 0.05) is 13.3 Å². The Hall–Kier alpha value is -3.07. The molecule has 0 atom stereocenters. The van der Waals surface area contributed by atoms with E-state index in [1.54, 1.807) is 13.1 Å². The van der Waals surface area contributed by atoms with Gasteiger partial charge in [-0.1, -0.05) is 0 Å². The molecular weight excluding hydrogens is 356 g/mol. The van der Waals surface area contributed by atoms with Gasteiger partial charge in [-0.3, -0.25) is 4.57 Å². The van der Waals surface area contributed by atoms with Crippen LogP contribution in [-0.2, 0) is 16.9 Å². The fourth-order valence-corrected chi connectivity index (χ4v) is 3.59. The van der Waals surface area contributed by atoms with Crippen molar-refractivity contribution in [2.24, 2.45) is 7.05 Å². The Morgan fingerprint density at radius 2 is 1.88 bits per heavy atom. The molecule has 134 valence electrons. The number of aryl methyl sites for hydroxylation is 1. The monoisotopic (exact) mass is 372 g/mol. The summed E-state index contributed by atoms with van der Waals surface area (Å²) in [5.41, 5.74) is 3.36. The van der Waals surface area contributed by atoms with E-state index in [0.29, 0.717) is 28.2 Å². The number of aromatic nitrogens is 4. The van der Waals surface area contributed by atoms with Crippen LogP contribution in [0.15, 0.2) is 40.0 Å². The van der Waals surface area contributed by atoms with Crippen molar-refractivity contribution < 1.29 is 13.2 Å². The van der Waals surface area contributed by atoms with Gasteiger partial charge >= 0.3 is 5.69 Å². The van der Waals surface area contributed by atoms with Crippen LogP contribution in [-0.4, -0.2) is 41.3 Å². The number of fused-ring (bicyclic) bond motifs is 2. The zero-order valence-electron chi connectivity index (χ0n) is 14.3. The Bertz CT molecular complexity index is 1330. The van der Waals surface area contributed by atoms with Gasteiger partial charge in [0.15, 0.2) is 9.84 Å². The molecule has 0 amide bonds. The van der Waals surface area contributed by atoms with E-state index in [1.807, 2.05) is 12.1 Å². The highest BCUT2D eigenvalue weighted by Gasteiger charge is 2.16. The van der Waals surface area contributed by atoms with E-state index >= 15 is 0 Å². The summed E-state index contributed by atoms with van der Waals surface area (Å²) in [6.45, 7) is 0. The summed E-state index contributed by atoms with van der Waals surface area (Å²) in [4.78, 5) is 22.5. The molecule has 9 heteroatoms. The Kier molecular flexibility index (Phi) is 3.45. The highest BCUT2D eigenvalue weighted by atomic mass is 32.2. The molecule has 0 aliphatic carbocycles. The third kappa shape index (κ3) is 2.48. The summed E-state index contributed by atoms with van der Waals surface area (Å²) in [6.07, 6.45) is 1.15. The molecule has 0 bridgehead atoms. The minimum atomic E-state index is -3.33. The number of methoxy groups -OCH3 is 1. The lowest BCUT2D eigenvalue weighted by atomic mass is 10.2. The number of hydrogen-bond acceptors (Lipinski definition) is 5. The number of rotatable bonds is 3.